The topological polar surface area (TPSA) is 98.8 Å². The molecule has 0 aromatic carbocycles. The van der Waals surface area contributed by atoms with Crippen molar-refractivity contribution in [3.8, 4) is 0 Å². The molecule has 6 unspecified atom stereocenters. The number of fused-ring (bicyclic) bond motifs is 3. The Balaban J connectivity index is 1.61. The Labute approximate surface area is 168 Å². The highest BCUT2D eigenvalue weighted by Crippen LogP contribution is 2.44. The summed E-state index contributed by atoms with van der Waals surface area (Å²) < 4.78 is 39.5. The Morgan fingerprint density at radius 1 is 1.04 bits per heavy atom. The fourth-order valence-electron chi connectivity index (χ4n) is 3.36. The van der Waals surface area contributed by atoms with E-state index in [0.29, 0.717) is 0 Å². The molecule has 6 atom stereocenters. The van der Waals surface area contributed by atoms with Crippen molar-refractivity contribution >= 4 is 23.5 Å². The van der Waals surface area contributed by atoms with Crippen molar-refractivity contribution in [3.05, 3.63) is 12.7 Å². The van der Waals surface area contributed by atoms with E-state index in [4.69, 9.17) is 44.8 Å². The minimum Gasteiger partial charge on any atom is -0.462 e. The van der Waals surface area contributed by atoms with E-state index in [0.717, 1.165) is 6.08 Å². The number of hydrogen-bond donors (Lipinski definition) is 0. The summed E-state index contributed by atoms with van der Waals surface area (Å²) in [5.74, 6) is -3.11. The molecule has 0 aromatic heterocycles. The number of hydrogen-bond acceptors (Lipinski definition) is 9. The summed E-state index contributed by atoms with van der Waals surface area (Å²) in [7, 11) is 0. The molecule has 0 aromatic rings. The highest BCUT2D eigenvalue weighted by atomic mass is 35.5. The van der Waals surface area contributed by atoms with Crippen LogP contribution in [0.3, 0.4) is 0 Å². The molecule has 3 fully saturated rings. The first kappa shape index (κ1) is 21.5. The molecule has 0 saturated carbocycles. The zero-order chi connectivity index (χ0) is 20.7. The maximum atomic E-state index is 12.1. The lowest BCUT2D eigenvalue weighted by Gasteiger charge is -2.36. The number of halogens is 1. The molecule has 10 heteroatoms. The monoisotopic (exact) mass is 420 g/mol. The van der Waals surface area contributed by atoms with Crippen molar-refractivity contribution in [1.29, 1.82) is 0 Å². The van der Waals surface area contributed by atoms with Gasteiger partial charge in [-0.15, -0.1) is 11.6 Å². The minimum atomic E-state index is -1.15. The number of alkyl halides is 1. The first-order valence-electron chi connectivity index (χ1n) is 8.98. The van der Waals surface area contributed by atoms with E-state index in [9.17, 15) is 9.59 Å². The summed E-state index contributed by atoms with van der Waals surface area (Å²) in [6.07, 6.45) is -1.78. The summed E-state index contributed by atoms with van der Waals surface area (Å²) >= 11 is 5.91. The Kier molecular flexibility index (Phi) is 6.05. The first-order valence-corrected chi connectivity index (χ1v) is 9.41. The average Bonchev–Trinajstić information content (AvgIpc) is 3.10. The summed E-state index contributed by atoms with van der Waals surface area (Å²) in [4.78, 5) is 23.1. The Morgan fingerprint density at radius 2 is 1.64 bits per heavy atom. The van der Waals surface area contributed by atoms with Gasteiger partial charge < -0.3 is 33.2 Å². The summed E-state index contributed by atoms with van der Waals surface area (Å²) in [5.41, 5.74) is 0. The smallest absolute Gasteiger partial charge is 0.330 e. The van der Waals surface area contributed by atoms with Crippen LogP contribution in [0.5, 0.6) is 0 Å². The van der Waals surface area contributed by atoms with Crippen LogP contribution in [0.15, 0.2) is 12.7 Å². The molecule has 28 heavy (non-hydrogen) atoms. The van der Waals surface area contributed by atoms with Crippen molar-refractivity contribution in [2.24, 2.45) is 0 Å². The van der Waals surface area contributed by atoms with Gasteiger partial charge in [-0.1, -0.05) is 6.58 Å². The van der Waals surface area contributed by atoms with Gasteiger partial charge >= 0.3 is 11.9 Å². The molecule has 3 saturated heterocycles. The molecule has 3 heterocycles. The molecule has 3 aliphatic heterocycles. The number of carbonyl (C=O) groups is 2. The number of ether oxygens (including phenoxy) is 7. The Bertz CT molecular complexity index is 635. The average molecular weight is 421 g/mol. The van der Waals surface area contributed by atoms with Crippen molar-refractivity contribution in [2.75, 3.05) is 13.2 Å². The molecule has 158 valence electrons. The Hall–Kier alpha value is -1.23. The van der Waals surface area contributed by atoms with E-state index in [1.54, 1.807) is 27.7 Å². The zero-order valence-corrected chi connectivity index (χ0v) is 17.0. The molecule has 0 amide bonds. The Morgan fingerprint density at radius 3 is 2.32 bits per heavy atom. The predicted octanol–water partition coefficient (Wildman–Crippen LogP) is 1.26. The van der Waals surface area contributed by atoms with Gasteiger partial charge in [0.2, 0.25) is 0 Å². The van der Waals surface area contributed by atoms with Crippen LogP contribution < -0.4 is 0 Å². The SMILES string of the molecule is C=CC(=O)OCC(Cl)C(=O)OCC1OC2OC(C)(C)OC2C2OC(C)(C)OC12. The van der Waals surface area contributed by atoms with Gasteiger partial charge in [-0.25, -0.2) is 4.79 Å². The van der Waals surface area contributed by atoms with Gasteiger partial charge in [0.1, 0.15) is 37.6 Å². The quantitative estimate of drug-likeness (QED) is 0.357. The molecule has 3 aliphatic rings. The van der Waals surface area contributed by atoms with Crippen LogP contribution >= 0.6 is 11.6 Å². The summed E-state index contributed by atoms with van der Waals surface area (Å²) in [6.45, 7) is 9.93. The third-order valence-corrected chi connectivity index (χ3v) is 4.74. The van der Waals surface area contributed by atoms with Crippen molar-refractivity contribution < 1.29 is 42.7 Å². The fourth-order valence-corrected chi connectivity index (χ4v) is 3.49. The van der Waals surface area contributed by atoms with E-state index in [2.05, 4.69) is 6.58 Å². The lowest BCUT2D eigenvalue weighted by Crippen LogP contribution is -2.56. The summed E-state index contributed by atoms with van der Waals surface area (Å²) in [5, 5.41) is -1.15. The molecule has 3 rings (SSSR count). The molecular weight excluding hydrogens is 396 g/mol. The molecular formula is C18H25ClO9. The van der Waals surface area contributed by atoms with Crippen LogP contribution in [0.2, 0.25) is 0 Å². The van der Waals surface area contributed by atoms with Crippen LogP contribution in [-0.2, 0) is 42.7 Å². The zero-order valence-electron chi connectivity index (χ0n) is 16.2. The van der Waals surface area contributed by atoms with Gasteiger partial charge in [0.05, 0.1) is 0 Å². The lowest BCUT2D eigenvalue weighted by atomic mass is 9.99. The highest BCUT2D eigenvalue weighted by molar-refractivity contribution is 6.30. The van der Waals surface area contributed by atoms with Gasteiger partial charge in [-0.3, -0.25) is 4.79 Å². The van der Waals surface area contributed by atoms with Crippen LogP contribution in [-0.4, -0.2) is 72.8 Å². The molecule has 0 aliphatic carbocycles. The largest absolute Gasteiger partial charge is 0.462 e. The summed E-state index contributed by atoms with van der Waals surface area (Å²) in [6, 6.07) is 0. The highest BCUT2D eigenvalue weighted by Gasteiger charge is 2.60. The minimum absolute atomic E-state index is 0.134. The van der Waals surface area contributed by atoms with E-state index < -0.39 is 59.6 Å². The lowest BCUT2D eigenvalue weighted by molar-refractivity contribution is -0.242. The van der Waals surface area contributed by atoms with Crippen molar-refractivity contribution in [3.63, 3.8) is 0 Å². The van der Waals surface area contributed by atoms with E-state index >= 15 is 0 Å². The molecule has 0 spiro atoms. The van der Waals surface area contributed by atoms with Crippen molar-refractivity contribution in [1.82, 2.24) is 0 Å². The van der Waals surface area contributed by atoms with Crippen LogP contribution in [0.4, 0.5) is 0 Å². The van der Waals surface area contributed by atoms with Crippen LogP contribution in [0, 0.1) is 0 Å². The molecule has 0 radical (unpaired) electrons. The molecule has 0 bridgehead atoms. The third kappa shape index (κ3) is 4.67. The molecule has 9 nitrogen and oxygen atoms in total. The van der Waals surface area contributed by atoms with Crippen molar-refractivity contribution in [2.45, 2.75) is 75.4 Å². The number of rotatable bonds is 6. The molecule has 0 N–H and O–H groups in total. The van der Waals surface area contributed by atoms with E-state index in [1.165, 1.54) is 0 Å². The third-order valence-electron chi connectivity index (χ3n) is 4.44. The van der Waals surface area contributed by atoms with Gasteiger partial charge in [0, 0.05) is 6.08 Å². The van der Waals surface area contributed by atoms with E-state index in [-0.39, 0.29) is 13.2 Å². The van der Waals surface area contributed by atoms with Gasteiger partial charge in [-0.2, -0.15) is 0 Å². The normalized spacial score (nSPS) is 36.1. The maximum absolute atomic E-state index is 12.1. The van der Waals surface area contributed by atoms with Crippen LogP contribution in [0.25, 0.3) is 0 Å². The predicted molar refractivity (Wildman–Crippen MR) is 94.3 cm³/mol. The van der Waals surface area contributed by atoms with Gasteiger partial charge in [-0.05, 0) is 27.7 Å². The second kappa shape index (κ2) is 7.89. The van der Waals surface area contributed by atoms with E-state index in [1.807, 2.05) is 0 Å². The van der Waals surface area contributed by atoms with Gasteiger partial charge in [0.25, 0.3) is 0 Å². The number of esters is 2. The second-order valence-corrected chi connectivity index (χ2v) is 8.17. The fraction of sp³-hybridized carbons (Fsp3) is 0.778. The van der Waals surface area contributed by atoms with Gasteiger partial charge in [0.15, 0.2) is 23.2 Å². The maximum Gasteiger partial charge on any atom is 0.330 e. The second-order valence-electron chi connectivity index (χ2n) is 7.64. The standard InChI is InChI=1S/C18H25ClO9/c1-6-11(20)22-7-9(19)15(21)23-8-10-12-13(26-17(2,3)25-12)14-16(24-10)28-18(4,5)27-14/h6,9-10,12-14,16H,1,7-8H2,2-5H3. The van der Waals surface area contributed by atoms with Crippen LogP contribution in [0.1, 0.15) is 27.7 Å². The first-order chi connectivity index (χ1) is 13.0. The number of carbonyl (C=O) groups excluding carboxylic acids is 2.